The van der Waals surface area contributed by atoms with E-state index < -0.39 is 11.9 Å². The van der Waals surface area contributed by atoms with Crippen molar-refractivity contribution in [3.05, 3.63) is 29.5 Å². The molecule has 0 bridgehead atoms. The van der Waals surface area contributed by atoms with Crippen molar-refractivity contribution in [1.29, 1.82) is 0 Å². The minimum absolute atomic E-state index is 0.211. The maximum absolute atomic E-state index is 12.4. The predicted molar refractivity (Wildman–Crippen MR) is 87.7 cm³/mol. The Labute approximate surface area is 135 Å². The van der Waals surface area contributed by atoms with Gasteiger partial charge in [0.25, 0.3) is 5.91 Å². The van der Waals surface area contributed by atoms with Gasteiger partial charge in [0.05, 0.1) is 7.11 Å². The molecular weight excluding hydrogens is 296 g/mol. The molecule has 6 heteroatoms. The normalized spacial score (nSPS) is 12.0. The molecule has 1 atom stereocenters. The first-order valence-electron chi connectivity index (χ1n) is 7.63. The fourth-order valence-corrected chi connectivity index (χ4v) is 2.27. The molecule has 2 N–H and O–H groups in total. The zero-order valence-electron chi connectivity index (χ0n) is 13.9. The number of furan rings is 1. The average molecular weight is 318 g/mol. The maximum atomic E-state index is 12.4. The molecule has 1 heterocycles. The third-order valence-electron chi connectivity index (χ3n) is 3.64. The van der Waals surface area contributed by atoms with Gasteiger partial charge < -0.3 is 19.8 Å². The number of carbonyl (C=O) groups excluding carboxylic acids is 2. The molecule has 0 radical (unpaired) electrons. The Morgan fingerprint density at radius 1 is 1.35 bits per heavy atom. The van der Waals surface area contributed by atoms with Crippen molar-refractivity contribution in [1.82, 2.24) is 10.6 Å². The van der Waals surface area contributed by atoms with E-state index in [0.717, 1.165) is 17.4 Å². The second kappa shape index (κ2) is 7.17. The number of benzene rings is 1. The Morgan fingerprint density at radius 2 is 2.09 bits per heavy atom. The molecule has 2 aromatic rings. The summed E-state index contributed by atoms with van der Waals surface area (Å²) in [6.07, 6.45) is 0.844. The van der Waals surface area contributed by atoms with Crippen molar-refractivity contribution in [2.24, 2.45) is 0 Å². The van der Waals surface area contributed by atoms with E-state index >= 15 is 0 Å². The summed E-state index contributed by atoms with van der Waals surface area (Å²) in [6.45, 7) is 6.00. The van der Waals surface area contributed by atoms with Crippen LogP contribution in [0.2, 0.25) is 0 Å². The van der Waals surface area contributed by atoms with Gasteiger partial charge in [0.15, 0.2) is 5.76 Å². The minimum atomic E-state index is -0.629. The number of ether oxygens (including phenoxy) is 1. The van der Waals surface area contributed by atoms with E-state index in [1.165, 1.54) is 0 Å². The van der Waals surface area contributed by atoms with Crippen LogP contribution < -0.4 is 15.4 Å². The number of fused-ring (bicyclic) bond motifs is 1. The third kappa shape index (κ3) is 3.64. The number of amides is 2. The number of rotatable bonds is 6. The van der Waals surface area contributed by atoms with E-state index in [-0.39, 0.29) is 11.7 Å². The largest absolute Gasteiger partial charge is 0.497 e. The summed E-state index contributed by atoms with van der Waals surface area (Å²) in [7, 11) is 1.58. The fourth-order valence-electron chi connectivity index (χ4n) is 2.27. The lowest BCUT2D eigenvalue weighted by Gasteiger charge is -2.13. The molecule has 0 saturated heterocycles. The van der Waals surface area contributed by atoms with Gasteiger partial charge in [-0.3, -0.25) is 9.59 Å². The van der Waals surface area contributed by atoms with Crippen molar-refractivity contribution < 1.29 is 18.7 Å². The van der Waals surface area contributed by atoms with Crippen LogP contribution in [0.15, 0.2) is 22.6 Å². The highest BCUT2D eigenvalue weighted by atomic mass is 16.5. The van der Waals surface area contributed by atoms with Gasteiger partial charge in [-0.15, -0.1) is 0 Å². The second-order valence-electron chi connectivity index (χ2n) is 5.40. The first kappa shape index (κ1) is 16.9. The minimum Gasteiger partial charge on any atom is -0.497 e. The standard InChI is InChI=1S/C17H22N2O4/c1-5-8-18-16(20)11(3)19-17(21)15-10(2)13-9-12(22-4)6-7-14(13)23-15/h6-7,9,11H,5,8H2,1-4H3,(H,18,20)(H,19,21). The zero-order chi connectivity index (χ0) is 17.0. The summed E-state index contributed by atoms with van der Waals surface area (Å²) in [5.41, 5.74) is 1.33. The fraction of sp³-hybridized carbons (Fsp3) is 0.412. The summed E-state index contributed by atoms with van der Waals surface area (Å²) in [5, 5.41) is 6.22. The van der Waals surface area contributed by atoms with Crippen LogP contribution in [0.4, 0.5) is 0 Å². The first-order valence-corrected chi connectivity index (χ1v) is 7.63. The monoisotopic (exact) mass is 318 g/mol. The topological polar surface area (TPSA) is 80.6 Å². The highest BCUT2D eigenvalue weighted by Gasteiger charge is 2.22. The van der Waals surface area contributed by atoms with Crippen LogP contribution in [-0.4, -0.2) is 31.5 Å². The average Bonchev–Trinajstić information content (AvgIpc) is 2.88. The van der Waals surface area contributed by atoms with Crippen molar-refractivity contribution in [2.75, 3.05) is 13.7 Å². The zero-order valence-corrected chi connectivity index (χ0v) is 13.9. The first-order chi connectivity index (χ1) is 11.0. The Morgan fingerprint density at radius 3 is 2.74 bits per heavy atom. The molecule has 1 aromatic heterocycles. The van der Waals surface area contributed by atoms with Gasteiger partial charge in [0.1, 0.15) is 17.4 Å². The highest BCUT2D eigenvalue weighted by molar-refractivity contribution is 6.01. The second-order valence-corrected chi connectivity index (χ2v) is 5.40. The van der Waals surface area contributed by atoms with Gasteiger partial charge in [-0.25, -0.2) is 0 Å². The highest BCUT2D eigenvalue weighted by Crippen LogP contribution is 2.28. The molecule has 1 aromatic carbocycles. The lowest BCUT2D eigenvalue weighted by atomic mass is 10.1. The van der Waals surface area contributed by atoms with E-state index in [0.29, 0.717) is 17.9 Å². The van der Waals surface area contributed by atoms with E-state index in [2.05, 4.69) is 10.6 Å². The Hall–Kier alpha value is -2.50. The van der Waals surface area contributed by atoms with E-state index in [4.69, 9.17) is 9.15 Å². The molecule has 124 valence electrons. The van der Waals surface area contributed by atoms with Crippen molar-refractivity contribution in [2.45, 2.75) is 33.2 Å². The summed E-state index contributed by atoms with van der Waals surface area (Å²) in [6, 6.07) is 4.72. The summed E-state index contributed by atoms with van der Waals surface area (Å²) in [4.78, 5) is 24.2. The van der Waals surface area contributed by atoms with Gasteiger partial charge in [-0.2, -0.15) is 0 Å². The van der Waals surface area contributed by atoms with E-state index in [1.54, 1.807) is 26.2 Å². The summed E-state index contributed by atoms with van der Waals surface area (Å²) >= 11 is 0. The van der Waals surface area contributed by atoms with Crippen molar-refractivity contribution in [3.63, 3.8) is 0 Å². The van der Waals surface area contributed by atoms with Gasteiger partial charge >= 0.3 is 0 Å². The Balaban J connectivity index is 2.18. The molecule has 6 nitrogen and oxygen atoms in total. The van der Waals surface area contributed by atoms with Crippen LogP contribution >= 0.6 is 0 Å². The number of hydrogen-bond donors (Lipinski definition) is 2. The number of hydrogen-bond acceptors (Lipinski definition) is 4. The van der Waals surface area contributed by atoms with Gasteiger partial charge in [-0.1, -0.05) is 6.92 Å². The lowest BCUT2D eigenvalue weighted by Crippen LogP contribution is -2.45. The molecule has 0 aliphatic heterocycles. The van der Waals surface area contributed by atoms with Crippen LogP contribution in [0, 0.1) is 6.92 Å². The molecule has 2 amide bonds. The van der Waals surface area contributed by atoms with Crippen LogP contribution in [-0.2, 0) is 4.79 Å². The Kier molecular flexibility index (Phi) is 5.26. The van der Waals surface area contributed by atoms with Crippen LogP contribution in [0.3, 0.4) is 0 Å². The quantitative estimate of drug-likeness (QED) is 0.857. The molecule has 0 fully saturated rings. The number of nitrogens with one attached hydrogen (secondary N) is 2. The molecular formula is C17H22N2O4. The van der Waals surface area contributed by atoms with Crippen LogP contribution in [0.1, 0.15) is 36.4 Å². The number of carbonyl (C=O) groups is 2. The Bertz CT molecular complexity index is 721. The van der Waals surface area contributed by atoms with Crippen molar-refractivity contribution >= 4 is 22.8 Å². The molecule has 0 spiro atoms. The van der Waals surface area contributed by atoms with E-state index in [9.17, 15) is 9.59 Å². The molecule has 0 aliphatic carbocycles. The summed E-state index contributed by atoms with van der Waals surface area (Å²) < 4.78 is 10.8. The van der Waals surface area contributed by atoms with Gasteiger partial charge in [-0.05, 0) is 38.5 Å². The number of methoxy groups -OCH3 is 1. The van der Waals surface area contributed by atoms with E-state index in [1.807, 2.05) is 19.9 Å². The van der Waals surface area contributed by atoms with Crippen LogP contribution in [0.25, 0.3) is 11.0 Å². The molecule has 2 rings (SSSR count). The molecule has 0 aliphatic rings. The van der Waals surface area contributed by atoms with Crippen LogP contribution in [0.5, 0.6) is 5.75 Å². The van der Waals surface area contributed by atoms with Gasteiger partial charge in [0, 0.05) is 17.5 Å². The van der Waals surface area contributed by atoms with Gasteiger partial charge in [0.2, 0.25) is 5.91 Å². The maximum Gasteiger partial charge on any atom is 0.287 e. The smallest absolute Gasteiger partial charge is 0.287 e. The third-order valence-corrected chi connectivity index (χ3v) is 3.64. The molecule has 0 saturated carbocycles. The number of aryl methyl sites for hydroxylation is 1. The molecule has 23 heavy (non-hydrogen) atoms. The summed E-state index contributed by atoms with van der Waals surface area (Å²) in [5.74, 6) is 0.288. The predicted octanol–water partition coefficient (Wildman–Crippen LogP) is 2.39. The molecule has 1 unspecified atom stereocenters. The SMILES string of the molecule is CCCNC(=O)C(C)NC(=O)c1oc2ccc(OC)cc2c1C. The lowest BCUT2D eigenvalue weighted by molar-refractivity contribution is -0.122. The van der Waals surface area contributed by atoms with Crippen molar-refractivity contribution in [3.8, 4) is 5.75 Å².